The second-order valence-corrected chi connectivity index (χ2v) is 8.40. The average molecular weight is 490 g/mol. The molecule has 2 rings (SSSR count). The number of pyridine rings is 1. The molecule has 0 spiro atoms. The highest BCUT2D eigenvalue weighted by Crippen LogP contribution is 2.11. The highest BCUT2D eigenvalue weighted by Gasteiger charge is 2.28. The van der Waals surface area contributed by atoms with Gasteiger partial charge < -0.3 is 24.9 Å². The Hall–Kier alpha value is -4.22. The van der Waals surface area contributed by atoms with Crippen molar-refractivity contribution in [2.75, 3.05) is 13.2 Å². The number of hydrogen-bond donors (Lipinski definition) is 2. The van der Waals surface area contributed by atoms with Crippen LogP contribution < -0.4 is 15.2 Å². The third kappa shape index (κ3) is 10.5. The molecule has 12 heteroatoms. The van der Waals surface area contributed by atoms with Crippen molar-refractivity contribution in [3.63, 3.8) is 0 Å². The first-order chi connectivity index (χ1) is 16.5. The predicted octanol–water partition coefficient (Wildman–Crippen LogP) is 1.55. The van der Waals surface area contributed by atoms with Gasteiger partial charge in [0.1, 0.15) is 23.8 Å². The highest BCUT2D eigenvalue weighted by atomic mass is 16.9. The van der Waals surface area contributed by atoms with Gasteiger partial charge in [-0.2, -0.15) is 4.57 Å². The van der Waals surface area contributed by atoms with Crippen molar-refractivity contribution in [1.29, 1.82) is 0 Å². The topological polar surface area (TPSA) is 150 Å². The lowest BCUT2D eigenvalue weighted by Gasteiger charge is -2.24. The summed E-state index contributed by atoms with van der Waals surface area (Å²) < 4.78 is 12.1. The number of hydrogen-bond acceptors (Lipinski definition) is 8. The van der Waals surface area contributed by atoms with E-state index in [1.54, 1.807) is 33.0 Å². The molecule has 2 amide bonds. The molecule has 0 unspecified atom stereocenters. The molecule has 2 aromatic rings. The van der Waals surface area contributed by atoms with E-state index in [0.717, 1.165) is 5.56 Å². The third-order valence-corrected chi connectivity index (χ3v) is 4.32. The number of esters is 1. The summed E-state index contributed by atoms with van der Waals surface area (Å²) in [6.45, 7) is 4.63. The highest BCUT2D eigenvalue weighted by molar-refractivity contribution is 5.93. The summed E-state index contributed by atoms with van der Waals surface area (Å²) in [6.07, 6.45) is 2.39. The van der Waals surface area contributed by atoms with Crippen LogP contribution in [0.1, 0.15) is 36.7 Å². The van der Waals surface area contributed by atoms with E-state index in [-0.39, 0.29) is 31.9 Å². The molecule has 0 aliphatic heterocycles. The van der Waals surface area contributed by atoms with Crippen molar-refractivity contribution >= 4 is 18.0 Å². The van der Waals surface area contributed by atoms with Gasteiger partial charge in [0.05, 0.1) is 0 Å². The summed E-state index contributed by atoms with van der Waals surface area (Å²) in [7, 11) is 0. The summed E-state index contributed by atoms with van der Waals surface area (Å²) in [4.78, 5) is 51.5. The SMILES string of the molecule is CC(C)(C)OC(=O)[C@H](Cc1ccccc1)NC(=O)OC[n+]1cccc(C(=O)NCCO[N+](=O)[O-])c1. The van der Waals surface area contributed by atoms with Gasteiger partial charge in [-0.25, -0.2) is 9.59 Å². The fraction of sp³-hybridized carbons (Fsp3) is 0.391. The Bertz CT molecular complexity index is 1020. The maximum Gasteiger partial charge on any atom is 0.412 e. The molecule has 0 saturated carbocycles. The zero-order valence-corrected chi connectivity index (χ0v) is 19.8. The Kier molecular flexibility index (Phi) is 9.94. The van der Waals surface area contributed by atoms with Crippen LogP contribution in [0.2, 0.25) is 0 Å². The van der Waals surface area contributed by atoms with Crippen LogP contribution >= 0.6 is 0 Å². The quantitative estimate of drug-likeness (QED) is 0.159. The van der Waals surface area contributed by atoms with Crippen LogP contribution in [0.25, 0.3) is 0 Å². The Balaban J connectivity index is 1.95. The molecule has 2 N–H and O–H groups in total. The van der Waals surface area contributed by atoms with Crippen molar-refractivity contribution in [2.24, 2.45) is 0 Å². The monoisotopic (exact) mass is 489 g/mol. The number of carbonyl (C=O) groups excluding carboxylic acids is 3. The van der Waals surface area contributed by atoms with Gasteiger partial charge in [-0.05, 0) is 32.4 Å². The van der Waals surface area contributed by atoms with E-state index in [9.17, 15) is 24.5 Å². The lowest BCUT2D eigenvalue weighted by Crippen LogP contribution is -2.47. The number of nitrogens with zero attached hydrogens (tertiary/aromatic N) is 2. The van der Waals surface area contributed by atoms with E-state index in [2.05, 4.69) is 15.5 Å². The number of amides is 2. The summed E-state index contributed by atoms with van der Waals surface area (Å²) >= 11 is 0. The van der Waals surface area contributed by atoms with Gasteiger partial charge in [0.2, 0.25) is 0 Å². The standard InChI is InChI=1S/C23H28N4O8/c1-23(2,3)35-21(29)19(14-17-8-5-4-6-9-17)25-22(30)33-16-26-12-7-10-18(15-26)20(28)24-11-13-34-27(31)32/h4-10,12,15,19H,11,13-14,16H2,1-3H3,(H-,24,25,28,30)/p+1/t19-/m0/s1. The Morgan fingerprint density at radius 1 is 1.11 bits per heavy atom. The molecule has 0 radical (unpaired) electrons. The van der Waals surface area contributed by atoms with Crippen LogP contribution in [0.5, 0.6) is 0 Å². The van der Waals surface area contributed by atoms with Gasteiger partial charge >= 0.3 is 12.1 Å². The minimum Gasteiger partial charge on any atom is -0.458 e. The second-order valence-electron chi connectivity index (χ2n) is 8.40. The molecule has 0 bridgehead atoms. The summed E-state index contributed by atoms with van der Waals surface area (Å²) in [6, 6.07) is 11.3. The Morgan fingerprint density at radius 3 is 2.49 bits per heavy atom. The van der Waals surface area contributed by atoms with Gasteiger partial charge in [0.15, 0.2) is 12.4 Å². The van der Waals surface area contributed by atoms with E-state index in [0.29, 0.717) is 0 Å². The van der Waals surface area contributed by atoms with Crippen LogP contribution in [-0.4, -0.2) is 47.9 Å². The number of aromatic nitrogens is 1. The van der Waals surface area contributed by atoms with Gasteiger partial charge in [-0.1, -0.05) is 30.3 Å². The van der Waals surface area contributed by atoms with Crippen LogP contribution in [0.3, 0.4) is 0 Å². The fourth-order valence-electron chi connectivity index (χ4n) is 2.86. The van der Waals surface area contributed by atoms with Gasteiger partial charge in [-0.15, -0.1) is 10.1 Å². The van der Waals surface area contributed by atoms with E-state index in [4.69, 9.17) is 9.47 Å². The molecule has 1 atom stereocenters. The third-order valence-electron chi connectivity index (χ3n) is 4.32. The minimum absolute atomic E-state index is 0.0545. The molecule has 188 valence electrons. The van der Waals surface area contributed by atoms with Gasteiger partial charge in [-0.3, -0.25) is 4.79 Å². The Labute approximate surface area is 202 Å². The van der Waals surface area contributed by atoms with Crippen molar-refractivity contribution in [1.82, 2.24) is 10.6 Å². The molecular weight excluding hydrogens is 460 g/mol. The smallest absolute Gasteiger partial charge is 0.412 e. The van der Waals surface area contributed by atoms with Gasteiger partial charge in [0.25, 0.3) is 17.7 Å². The van der Waals surface area contributed by atoms with Crippen molar-refractivity contribution in [3.05, 3.63) is 76.1 Å². The number of benzene rings is 1. The largest absolute Gasteiger partial charge is 0.458 e. The fourth-order valence-corrected chi connectivity index (χ4v) is 2.86. The number of carbonyl (C=O) groups is 3. The summed E-state index contributed by atoms with van der Waals surface area (Å²) in [5, 5.41) is 14.2. The van der Waals surface area contributed by atoms with Crippen molar-refractivity contribution in [2.45, 2.75) is 45.6 Å². The lowest BCUT2D eigenvalue weighted by atomic mass is 10.1. The zero-order chi connectivity index (χ0) is 25.8. The van der Waals surface area contributed by atoms with E-state index in [1.165, 1.54) is 16.8 Å². The normalized spacial score (nSPS) is 11.6. The molecule has 35 heavy (non-hydrogen) atoms. The predicted molar refractivity (Wildman–Crippen MR) is 121 cm³/mol. The first kappa shape index (κ1) is 27.0. The number of alkyl carbamates (subject to hydrolysis) is 1. The first-order valence-corrected chi connectivity index (χ1v) is 10.8. The van der Waals surface area contributed by atoms with Crippen LogP contribution in [-0.2, 0) is 32.3 Å². The van der Waals surface area contributed by atoms with E-state index < -0.39 is 34.7 Å². The maximum absolute atomic E-state index is 12.6. The number of nitrogens with one attached hydrogen (secondary N) is 2. The lowest BCUT2D eigenvalue weighted by molar-refractivity contribution is -0.757. The summed E-state index contributed by atoms with van der Waals surface area (Å²) in [5.41, 5.74) is 0.345. The van der Waals surface area contributed by atoms with Crippen LogP contribution in [0.4, 0.5) is 4.79 Å². The Morgan fingerprint density at radius 2 is 1.83 bits per heavy atom. The number of ether oxygens (including phenoxy) is 2. The molecule has 0 aliphatic rings. The van der Waals surface area contributed by atoms with Crippen molar-refractivity contribution < 1.29 is 38.3 Å². The van der Waals surface area contributed by atoms with E-state index >= 15 is 0 Å². The minimum atomic E-state index is -0.965. The van der Waals surface area contributed by atoms with Crippen molar-refractivity contribution in [3.8, 4) is 0 Å². The maximum atomic E-state index is 12.6. The molecule has 12 nitrogen and oxygen atoms in total. The molecule has 1 heterocycles. The van der Waals surface area contributed by atoms with E-state index in [1.807, 2.05) is 30.3 Å². The molecule has 1 aromatic carbocycles. The second kappa shape index (κ2) is 12.9. The molecule has 0 fully saturated rings. The molecule has 1 aromatic heterocycles. The molecular formula is C23H29N4O8+. The molecule has 0 aliphatic carbocycles. The first-order valence-electron chi connectivity index (χ1n) is 10.8. The van der Waals surface area contributed by atoms with Crippen LogP contribution in [0.15, 0.2) is 54.9 Å². The van der Waals surface area contributed by atoms with Crippen LogP contribution in [0, 0.1) is 10.1 Å². The zero-order valence-electron chi connectivity index (χ0n) is 19.8. The average Bonchev–Trinajstić information content (AvgIpc) is 2.79. The molecule has 0 saturated heterocycles. The summed E-state index contributed by atoms with van der Waals surface area (Å²) in [5.74, 6) is -1.07. The number of rotatable bonds is 11. The van der Waals surface area contributed by atoms with Gasteiger partial charge in [0, 0.05) is 19.0 Å².